The molecule has 2 unspecified atom stereocenters. The lowest BCUT2D eigenvalue weighted by molar-refractivity contribution is -0.124. The number of amides is 3. The zero-order valence-corrected chi connectivity index (χ0v) is 11.0. The van der Waals surface area contributed by atoms with Crippen LogP contribution in [0.2, 0.25) is 0 Å². The number of carbonyl (C=O) groups is 2. The number of nitrogens with two attached hydrogens (primary N) is 2. The van der Waals surface area contributed by atoms with Crippen LogP contribution in [0.3, 0.4) is 0 Å². The number of halogens is 1. The highest BCUT2D eigenvalue weighted by Gasteiger charge is 2.36. The molecule has 1 saturated heterocycles. The molecule has 100 valence electrons. The lowest BCUT2D eigenvalue weighted by Crippen LogP contribution is -2.48. The van der Waals surface area contributed by atoms with Crippen LogP contribution in [0, 0.1) is 5.41 Å². The lowest BCUT2D eigenvalue weighted by Gasteiger charge is -2.26. The van der Waals surface area contributed by atoms with Gasteiger partial charge < -0.3 is 11.5 Å². The van der Waals surface area contributed by atoms with E-state index in [-0.39, 0.29) is 29.8 Å². The second-order valence-electron chi connectivity index (χ2n) is 4.76. The summed E-state index contributed by atoms with van der Waals surface area (Å²) < 4.78 is 0. The van der Waals surface area contributed by atoms with Crippen molar-refractivity contribution in [3.63, 3.8) is 0 Å². The van der Waals surface area contributed by atoms with Gasteiger partial charge in [-0.1, -0.05) is 6.92 Å². The van der Waals surface area contributed by atoms with Crippen molar-refractivity contribution in [2.45, 2.75) is 26.3 Å². The second-order valence-corrected chi connectivity index (χ2v) is 4.76. The van der Waals surface area contributed by atoms with Crippen molar-refractivity contribution in [2.75, 3.05) is 19.6 Å². The third-order valence-corrected chi connectivity index (χ3v) is 3.25. The third-order valence-electron chi connectivity index (χ3n) is 3.25. The maximum Gasteiger partial charge on any atom is 0.318 e. The average molecular weight is 265 g/mol. The third kappa shape index (κ3) is 4.14. The summed E-state index contributed by atoms with van der Waals surface area (Å²) in [4.78, 5) is 24.1. The quantitative estimate of drug-likeness (QED) is 0.649. The molecule has 1 aliphatic heterocycles. The van der Waals surface area contributed by atoms with Crippen molar-refractivity contribution < 1.29 is 9.59 Å². The number of nitrogens with one attached hydrogen (secondary N) is 1. The van der Waals surface area contributed by atoms with Gasteiger partial charge in [0.2, 0.25) is 5.91 Å². The van der Waals surface area contributed by atoms with Crippen molar-refractivity contribution >= 4 is 24.3 Å². The SMILES string of the molecule is CC(C(=O)NC(N)=O)N1CCC(C)(CN)C1.Cl. The first-order valence-corrected chi connectivity index (χ1v) is 5.42. The van der Waals surface area contributed by atoms with Gasteiger partial charge in [0.15, 0.2) is 0 Å². The van der Waals surface area contributed by atoms with E-state index in [2.05, 4.69) is 12.2 Å². The molecule has 0 spiro atoms. The summed E-state index contributed by atoms with van der Waals surface area (Å²) in [5.74, 6) is -0.353. The van der Waals surface area contributed by atoms with E-state index in [1.54, 1.807) is 6.92 Å². The Labute approximate surface area is 107 Å². The molecule has 0 saturated carbocycles. The Hall–Kier alpha value is -0.850. The first-order valence-electron chi connectivity index (χ1n) is 5.42. The molecular formula is C10H21ClN4O2. The number of hydrogen-bond donors (Lipinski definition) is 3. The zero-order chi connectivity index (χ0) is 12.3. The van der Waals surface area contributed by atoms with Gasteiger partial charge in [-0.3, -0.25) is 15.0 Å². The molecule has 0 bridgehead atoms. The number of imide groups is 1. The first-order chi connectivity index (χ1) is 7.38. The number of urea groups is 1. The van der Waals surface area contributed by atoms with Gasteiger partial charge in [0.05, 0.1) is 6.04 Å². The Morgan fingerprint density at radius 2 is 2.12 bits per heavy atom. The molecule has 1 aliphatic rings. The second kappa shape index (κ2) is 6.18. The van der Waals surface area contributed by atoms with Gasteiger partial charge in [-0.25, -0.2) is 4.79 Å². The van der Waals surface area contributed by atoms with E-state index < -0.39 is 6.03 Å². The van der Waals surface area contributed by atoms with E-state index in [9.17, 15) is 9.59 Å². The Balaban J connectivity index is 0.00000256. The maximum absolute atomic E-state index is 11.6. The number of nitrogens with zero attached hydrogens (tertiary/aromatic N) is 1. The molecule has 0 radical (unpaired) electrons. The fraction of sp³-hybridized carbons (Fsp3) is 0.800. The predicted octanol–water partition coefficient (Wildman–Crippen LogP) is -0.338. The molecular weight excluding hydrogens is 244 g/mol. The molecule has 5 N–H and O–H groups in total. The number of likely N-dealkylation sites (tertiary alicyclic amines) is 1. The van der Waals surface area contributed by atoms with Crippen LogP contribution >= 0.6 is 12.4 Å². The van der Waals surface area contributed by atoms with Gasteiger partial charge >= 0.3 is 6.03 Å². The largest absolute Gasteiger partial charge is 0.351 e. The molecule has 0 aliphatic carbocycles. The van der Waals surface area contributed by atoms with E-state index in [1.807, 2.05) is 4.90 Å². The van der Waals surface area contributed by atoms with E-state index in [4.69, 9.17) is 11.5 Å². The standard InChI is InChI=1S/C10H20N4O2.ClH/c1-7(8(15)13-9(12)16)14-4-3-10(2,5-11)6-14;/h7H,3-6,11H2,1-2H3,(H3,12,13,15,16);1H. The summed E-state index contributed by atoms with van der Waals surface area (Å²) in [6.45, 7) is 6.07. The summed E-state index contributed by atoms with van der Waals surface area (Å²) in [7, 11) is 0. The number of rotatable bonds is 3. The minimum atomic E-state index is -0.808. The topological polar surface area (TPSA) is 101 Å². The Bertz CT molecular complexity index is 300. The Morgan fingerprint density at radius 3 is 2.53 bits per heavy atom. The van der Waals surface area contributed by atoms with E-state index >= 15 is 0 Å². The fourth-order valence-electron chi connectivity index (χ4n) is 1.95. The van der Waals surface area contributed by atoms with Crippen LogP contribution in [0.4, 0.5) is 4.79 Å². The van der Waals surface area contributed by atoms with Crippen molar-refractivity contribution in [1.29, 1.82) is 0 Å². The summed E-state index contributed by atoms with van der Waals surface area (Å²) in [5.41, 5.74) is 10.7. The molecule has 1 fully saturated rings. The normalized spacial score (nSPS) is 26.1. The summed E-state index contributed by atoms with van der Waals surface area (Å²) in [5, 5.41) is 2.09. The summed E-state index contributed by atoms with van der Waals surface area (Å²) >= 11 is 0. The average Bonchev–Trinajstić information content (AvgIpc) is 2.60. The number of primary amides is 1. The van der Waals surface area contributed by atoms with Gasteiger partial charge in [0.25, 0.3) is 0 Å². The first kappa shape index (κ1) is 16.1. The molecule has 1 heterocycles. The summed E-state index contributed by atoms with van der Waals surface area (Å²) in [6, 6.07) is -1.15. The molecule has 0 aromatic heterocycles. The lowest BCUT2D eigenvalue weighted by atomic mass is 9.90. The molecule has 2 atom stereocenters. The van der Waals surface area contributed by atoms with Gasteiger partial charge in [-0.15, -0.1) is 12.4 Å². The van der Waals surface area contributed by atoms with Gasteiger partial charge in [0.1, 0.15) is 0 Å². The van der Waals surface area contributed by atoms with Crippen LogP contribution in [0.5, 0.6) is 0 Å². The fourth-order valence-corrected chi connectivity index (χ4v) is 1.95. The smallest absolute Gasteiger partial charge is 0.318 e. The highest BCUT2D eigenvalue weighted by atomic mass is 35.5. The van der Waals surface area contributed by atoms with Crippen molar-refractivity contribution in [3.8, 4) is 0 Å². The van der Waals surface area contributed by atoms with Crippen LogP contribution in [-0.2, 0) is 4.79 Å². The van der Waals surface area contributed by atoms with Crippen molar-refractivity contribution in [2.24, 2.45) is 16.9 Å². The van der Waals surface area contributed by atoms with E-state index in [1.165, 1.54) is 0 Å². The van der Waals surface area contributed by atoms with Crippen LogP contribution in [0.25, 0.3) is 0 Å². The molecule has 7 heteroatoms. The highest BCUT2D eigenvalue weighted by molar-refractivity contribution is 5.96. The highest BCUT2D eigenvalue weighted by Crippen LogP contribution is 2.29. The Kier molecular flexibility index (Phi) is 5.87. The predicted molar refractivity (Wildman–Crippen MR) is 67.8 cm³/mol. The molecule has 6 nitrogen and oxygen atoms in total. The molecule has 3 amide bonds. The number of hydrogen-bond acceptors (Lipinski definition) is 4. The maximum atomic E-state index is 11.6. The molecule has 0 aromatic carbocycles. The van der Waals surface area contributed by atoms with E-state index in [0.29, 0.717) is 6.54 Å². The van der Waals surface area contributed by atoms with Gasteiger partial charge in [-0.05, 0) is 31.8 Å². The van der Waals surface area contributed by atoms with Crippen LogP contribution in [0.1, 0.15) is 20.3 Å². The van der Waals surface area contributed by atoms with Crippen LogP contribution < -0.4 is 16.8 Å². The van der Waals surface area contributed by atoms with Crippen LogP contribution in [0.15, 0.2) is 0 Å². The summed E-state index contributed by atoms with van der Waals surface area (Å²) in [6.07, 6.45) is 0.970. The van der Waals surface area contributed by atoms with Crippen LogP contribution in [-0.4, -0.2) is 42.5 Å². The Morgan fingerprint density at radius 1 is 1.53 bits per heavy atom. The molecule has 1 rings (SSSR count). The minimum absolute atomic E-state index is 0. The van der Waals surface area contributed by atoms with Crippen molar-refractivity contribution in [3.05, 3.63) is 0 Å². The van der Waals surface area contributed by atoms with E-state index in [0.717, 1.165) is 19.5 Å². The van der Waals surface area contributed by atoms with Crippen molar-refractivity contribution in [1.82, 2.24) is 10.2 Å². The zero-order valence-electron chi connectivity index (χ0n) is 10.2. The molecule has 0 aromatic rings. The molecule has 17 heavy (non-hydrogen) atoms. The van der Waals surface area contributed by atoms with Gasteiger partial charge in [0, 0.05) is 6.54 Å². The number of carbonyl (C=O) groups excluding carboxylic acids is 2. The minimum Gasteiger partial charge on any atom is -0.351 e. The van der Waals surface area contributed by atoms with Gasteiger partial charge in [-0.2, -0.15) is 0 Å². The monoisotopic (exact) mass is 264 g/mol.